The summed E-state index contributed by atoms with van der Waals surface area (Å²) in [5.74, 6) is -0.900. The van der Waals surface area contributed by atoms with E-state index >= 15 is 0 Å². The first-order valence-electron chi connectivity index (χ1n) is 24.4. The van der Waals surface area contributed by atoms with Crippen LogP contribution in [0.1, 0.15) is 206 Å². The van der Waals surface area contributed by atoms with Crippen LogP contribution in [0.4, 0.5) is 0 Å². The third-order valence-electron chi connectivity index (χ3n) is 10.1. The first-order valence-corrected chi connectivity index (χ1v) is 25.9. The van der Waals surface area contributed by atoms with E-state index in [1.54, 1.807) is 0 Å². The van der Waals surface area contributed by atoms with Crippen LogP contribution < -0.4 is 5.73 Å². The van der Waals surface area contributed by atoms with E-state index in [1.807, 2.05) is 0 Å². The molecule has 0 aromatic carbocycles. The Labute approximate surface area is 373 Å². The van der Waals surface area contributed by atoms with Crippen molar-refractivity contribution in [3.63, 3.8) is 0 Å². The number of phosphoric ester groups is 1. The van der Waals surface area contributed by atoms with Crippen LogP contribution in [0.15, 0.2) is 72.9 Å². The van der Waals surface area contributed by atoms with E-state index in [9.17, 15) is 19.0 Å². The van der Waals surface area contributed by atoms with Crippen molar-refractivity contribution in [2.75, 3.05) is 26.4 Å². The van der Waals surface area contributed by atoms with Crippen LogP contribution in [0.5, 0.6) is 0 Å². The van der Waals surface area contributed by atoms with E-state index in [1.165, 1.54) is 109 Å². The quantitative estimate of drug-likeness (QED) is 0.0265. The summed E-state index contributed by atoms with van der Waals surface area (Å²) in [6.07, 6.45) is 58.0. The van der Waals surface area contributed by atoms with Gasteiger partial charge in [0.15, 0.2) is 6.10 Å². The fraction of sp³-hybridized carbons (Fsp3) is 0.725. The molecule has 2 atom stereocenters. The van der Waals surface area contributed by atoms with Gasteiger partial charge in [-0.1, -0.05) is 183 Å². The van der Waals surface area contributed by atoms with Gasteiger partial charge in [0, 0.05) is 19.4 Å². The summed E-state index contributed by atoms with van der Waals surface area (Å²) < 4.78 is 32.8. The molecule has 10 heteroatoms. The van der Waals surface area contributed by atoms with Crippen LogP contribution in [-0.2, 0) is 32.7 Å². The lowest BCUT2D eigenvalue weighted by Gasteiger charge is -2.19. The van der Waals surface area contributed by atoms with Crippen LogP contribution in [-0.4, -0.2) is 49.3 Å². The highest BCUT2D eigenvalue weighted by atomic mass is 31.2. The molecule has 0 aliphatic carbocycles. The summed E-state index contributed by atoms with van der Waals surface area (Å²) in [5, 5.41) is 0. The van der Waals surface area contributed by atoms with Gasteiger partial charge in [0.25, 0.3) is 0 Å². The molecule has 0 saturated heterocycles. The summed E-state index contributed by atoms with van der Waals surface area (Å²) in [6.45, 7) is 3.64. The number of unbranched alkanes of at least 4 members (excludes halogenated alkanes) is 20. The van der Waals surface area contributed by atoms with Crippen LogP contribution >= 0.6 is 7.82 Å². The topological polar surface area (TPSA) is 134 Å². The molecular weight excluding hydrogens is 786 g/mol. The highest BCUT2D eigenvalue weighted by molar-refractivity contribution is 7.47. The molecule has 0 bridgehead atoms. The second kappa shape index (κ2) is 46.9. The smallest absolute Gasteiger partial charge is 0.462 e. The van der Waals surface area contributed by atoms with Crippen molar-refractivity contribution in [1.82, 2.24) is 0 Å². The van der Waals surface area contributed by atoms with Crippen LogP contribution in [0.25, 0.3) is 0 Å². The molecule has 0 spiro atoms. The van der Waals surface area contributed by atoms with E-state index in [0.29, 0.717) is 12.8 Å². The van der Waals surface area contributed by atoms with Crippen molar-refractivity contribution in [2.24, 2.45) is 5.73 Å². The van der Waals surface area contributed by atoms with Crippen molar-refractivity contribution in [3.8, 4) is 0 Å². The highest BCUT2D eigenvalue weighted by Crippen LogP contribution is 2.43. The predicted molar refractivity (Wildman–Crippen MR) is 256 cm³/mol. The molecule has 0 amide bonds. The molecule has 352 valence electrons. The molecule has 0 radical (unpaired) electrons. The summed E-state index contributed by atoms with van der Waals surface area (Å²) in [4.78, 5) is 35.0. The number of hydrogen-bond donors (Lipinski definition) is 2. The number of nitrogens with two attached hydrogens (primary N) is 1. The maximum Gasteiger partial charge on any atom is 0.472 e. The number of hydrogen-bond acceptors (Lipinski definition) is 8. The Hall–Kier alpha value is -2.55. The van der Waals surface area contributed by atoms with E-state index in [0.717, 1.165) is 57.8 Å². The summed E-state index contributed by atoms with van der Waals surface area (Å²) in [6, 6.07) is 0. The van der Waals surface area contributed by atoms with Gasteiger partial charge >= 0.3 is 19.8 Å². The number of ether oxygens (including phenoxy) is 2. The van der Waals surface area contributed by atoms with Crippen LogP contribution in [0.2, 0.25) is 0 Å². The molecule has 0 aromatic rings. The number of phosphoric acid groups is 1. The molecule has 61 heavy (non-hydrogen) atoms. The minimum atomic E-state index is -4.40. The van der Waals surface area contributed by atoms with Gasteiger partial charge in [-0.2, -0.15) is 0 Å². The standard InChI is InChI=1S/C51H90NO8P/c1-3-5-7-9-11-13-15-17-19-21-23-24-26-27-29-31-33-35-37-39-41-43-50(53)57-47-49(48-59-61(55,56)58-46-45-52)60-51(54)44-42-40-38-36-34-32-30-28-25-22-20-18-16-14-12-10-8-6-4-2/h12,14,18-21,24,26,29,31,35,37,49H,3-11,13,15-17,22-23,25,27-28,30,32-34,36,38-48,52H2,1-2H3,(H,55,56)/b14-12+,20-18+,21-19+,26-24+,31-29+,37-35+/t49-/m1/s1. The Morgan fingerprint density at radius 1 is 0.492 bits per heavy atom. The fourth-order valence-electron chi connectivity index (χ4n) is 6.42. The van der Waals surface area contributed by atoms with Gasteiger partial charge in [0.05, 0.1) is 13.2 Å². The third kappa shape index (κ3) is 46.8. The van der Waals surface area contributed by atoms with E-state index < -0.39 is 32.5 Å². The molecule has 0 fully saturated rings. The van der Waals surface area contributed by atoms with Crippen molar-refractivity contribution in [1.29, 1.82) is 0 Å². The van der Waals surface area contributed by atoms with Crippen molar-refractivity contribution >= 4 is 19.8 Å². The Balaban J connectivity index is 4.20. The zero-order chi connectivity index (χ0) is 44.6. The largest absolute Gasteiger partial charge is 0.472 e. The monoisotopic (exact) mass is 876 g/mol. The number of rotatable bonds is 45. The lowest BCUT2D eigenvalue weighted by atomic mass is 10.1. The second-order valence-corrected chi connectivity index (χ2v) is 17.4. The summed E-state index contributed by atoms with van der Waals surface area (Å²) in [7, 11) is -4.40. The molecule has 0 rings (SSSR count). The number of esters is 2. The zero-order valence-corrected chi connectivity index (χ0v) is 39.8. The number of carbonyl (C=O) groups excluding carboxylic acids is 2. The lowest BCUT2D eigenvalue weighted by molar-refractivity contribution is -0.161. The van der Waals surface area contributed by atoms with Crippen molar-refractivity contribution in [3.05, 3.63) is 72.9 Å². The number of allylic oxidation sites excluding steroid dienone is 12. The minimum absolute atomic E-state index is 0.0424. The Kier molecular flexibility index (Phi) is 45.0. The first-order chi connectivity index (χ1) is 29.8. The van der Waals surface area contributed by atoms with Gasteiger partial charge in [0.2, 0.25) is 0 Å². The van der Waals surface area contributed by atoms with Gasteiger partial charge in [0.1, 0.15) is 6.61 Å². The van der Waals surface area contributed by atoms with Gasteiger partial charge in [-0.25, -0.2) is 4.57 Å². The summed E-state index contributed by atoms with van der Waals surface area (Å²) >= 11 is 0. The van der Waals surface area contributed by atoms with Crippen molar-refractivity contribution in [2.45, 2.75) is 213 Å². The molecule has 0 aliphatic rings. The van der Waals surface area contributed by atoms with Crippen LogP contribution in [0, 0.1) is 0 Å². The maximum absolute atomic E-state index is 12.6. The molecule has 9 nitrogen and oxygen atoms in total. The Bertz CT molecular complexity index is 1230. The van der Waals surface area contributed by atoms with Crippen LogP contribution in [0.3, 0.4) is 0 Å². The SMILES string of the molecule is CCCCC/C=C/C/C=C/CCCCCCCCCCCC(=O)O[C@H](COC(=O)CCC/C=C/C/C=C/C/C=C/C/C=C/CCCCCCCCC)COP(=O)(O)OCCN. The molecule has 0 saturated carbocycles. The average molecular weight is 876 g/mol. The number of carbonyl (C=O) groups is 2. The Morgan fingerprint density at radius 2 is 0.869 bits per heavy atom. The molecule has 1 unspecified atom stereocenters. The molecule has 3 N–H and O–H groups in total. The maximum atomic E-state index is 12.6. The molecule has 0 aromatic heterocycles. The normalized spacial score (nSPS) is 13.8. The van der Waals surface area contributed by atoms with Crippen molar-refractivity contribution < 1.29 is 37.6 Å². The Morgan fingerprint density at radius 3 is 1.34 bits per heavy atom. The zero-order valence-electron chi connectivity index (χ0n) is 38.9. The fourth-order valence-corrected chi connectivity index (χ4v) is 7.19. The van der Waals surface area contributed by atoms with Gasteiger partial charge in [-0.15, -0.1) is 0 Å². The van der Waals surface area contributed by atoms with Gasteiger partial charge in [-0.3, -0.25) is 18.6 Å². The first kappa shape index (κ1) is 58.5. The molecule has 0 aliphatic heterocycles. The molecule has 0 heterocycles. The minimum Gasteiger partial charge on any atom is -0.462 e. The average Bonchev–Trinajstić information content (AvgIpc) is 3.25. The summed E-state index contributed by atoms with van der Waals surface area (Å²) in [5.41, 5.74) is 5.36. The van der Waals surface area contributed by atoms with E-state index in [-0.39, 0.29) is 32.6 Å². The van der Waals surface area contributed by atoms with Gasteiger partial charge in [-0.05, 0) is 83.5 Å². The predicted octanol–water partition coefficient (Wildman–Crippen LogP) is 14.6. The third-order valence-corrected chi connectivity index (χ3v) is 11.0. The second-order valence-electron chi connectivity index (χ2n) is 16.0. The van der Waals surface area contributed by atoms with Gasteiger partial charge < -0.3 is 20.1 Å². The van der Waals surface area contributed by atoms with E-state index in [4.69, 9.17) is 24.3 Å². The highest BCUT2D eigenvalue weighted by Gasteiger charge is 2.26. The lowest BCUT2D eigenvalue weighted by Crippen LogP contribution is -2.29. The van der Waals surface area contributed by atoms with E-state index in [2.05, 4.69) is 86.8 Å². The molecular formula is C51H90NO8P.